The lowest BCUT2D eigenvalue weighted by Gasteiger charge is -2.11. The average Bonchev–Trinajstić information content (AvgIpc) is 3.08. The van der Waals surface area contributed by atoms with Gasteiger partial charge in [0.2, 0.25) is 0 Å². The zero-order valence-corrected chi connectivity index (χ0v) is 11.7. The fourth-order valence-electron chi connectivity index (χ4n) is 2.44. The van der Waals surface area contributed by atoms with Crippen LogP contribution in [0.3, 0.4) is 0 Å². The Morgan fingerprint density at radius 3 is 2.76 bits per heavy atom. The van der Waals surface area contributed by atoms with Crippen molar-refractivity contribution in [2.45, 2.75) is 25.1 Å². The van der Waals surface area contributed by atoms with Gasteiger partial charge in [-0.2, -0.15) is 13.2 Å². The van der Waals surface area contributed by atoms with Crippen LogP contribution in [0, 0.1) is 5.82 Å². The molecular formula is C14H12F4N2S. The van der Waals surface area contributed by atoms with E-state index in [0.717, 1.165) is 48.5 Å². The molecule has 1 aliphatic heterocycles. The number of aromatic nitrogens is 1. The second-order valence-corrected chi connectivity index (χ2v) is 5.77. The minimum Gasteiger partial charge on any atom is -0.309 e. The zero-order valence-electron chi connectivity index (χ0n) is 10.9. The van der Waals surface area contributed by atoms with Crippen molar-refractivity contribution in [3.8, 4) is 10.6 Å². The second-order valence-electron chi connectivity index (χ2n) is 4.91. The predicted octanol–water partition coefficient (Wildman–Crippen LogP) is 4.39. The van der Waals surface area contributed by atoms with E-state index in [4.69, 9.17) is 0 Å². The number of benzene rings is 1. The molecule has 0 amide bonds. The van der Waals surface area contributed by atoms with Crippen LogP contribution in [0.25, 0.3) is 10.6 Å². The van der Waals surface area contributed by atoms with E-state index in [1.165, 1.54) is 0 Å². The monoisotopic (exact) mass is 316 g/mol. The fraction of sp³-hybridized carbons (Fsp3) is 0.357. The fourth-order valence-corrected chi connectivity index (χ4v) is 3.36. The first-order valence-electron chi connectivity index (χ1n) is 6.51. The van der Waals surface area contributed by atoms with Crippen molar-refractivity contribution in [1.29, 1.82) is 0 Å². The maximum atomic E-state index is 13.1. The quantitative estimate of drug-likeness (QED) is 0.831. The Labute approximate surface area is 122 Å². The average molecular weight is 316 g/mol. The van der Waals surface area contributed by atoms with Crippen molar-refractivity contribution in [1.82, 2.24) is 10.3 Å². The van der Waals surface area contributed by atoms with Crippen LogP contribution in [0.5, 0.6) is 0 Å². The van der Waals surface area contributed by atoms with Crippen molar-refractivity contribution in [3.63, 3.8) is 0 Å². The minimum absolute atomic E-state index is 0.0712. The largest absolute Gasteiger partial charge is 0.417 e. The van der Waals surface area contributed by atoms with E-state index < -0.39 is 17.6 Å². The first-order valence-corrected chi connectivity index (χ1v) is 7.39. The molecule has 2 aromatic rings. The standard InChI is InChI=1S/C14H12F4N2S/c15-8-3-4-9(10(6-8)14(16,17)18)13-20-12(7-21-13)11-2-1-5-19-11/h3-4,6-7,11,19H,1-2,5H2. The molecule has 1 aliphatic rings. The zero-order chi connectivity index (χ0) is 15.0. The third kappa shape index (κ3) is 2.94. The minimum atomic E-state index is -4.60. The van der Waals surface area contributed by atoms with E-state index >= 15 is 0 Å². The van der Waals surface area contributed by atoms with E-state index in [1.54, 1.807) is 5.38 Å². The number of nitrogens with zero attached hydrogens (tertiary/aromatic N) is 1. The highest BCUT2D eigenvalue weighted by molar-refractivity contribution is 7.13. The molecule has 7 heteroatoms. The van der Waals surface area contributed by atoms with Crippen molar-refractivity contribution in [2.75, 3.05) is 6.54 Å². The van der Waals surface area contributed by atoms with Crippen LogP contribution in [0.4, 0.5) is 17.6 Å². The van der Waals surface area contributed by atoms with Gasteiger partial charge in [-0.05, 0) is 37.6 Å². The van der Waals surface area contributed by atoms with Gasteiger partial charge in [0.05, 0.1) is 17.3 Å². The lowest BCUT2D eigenvalue weighted by molar-refractivity contribution is -0.137. The molecule has 3 rings (SSSR count). The summed E-state index contributed by atoms with van der Waals surface area (Å²) in [4.78, 5) is 4.30. The molecular weight excluding hydrogens is 304 g/mol. The van der Waals surface area contributed by atoms with Gasteiger partial charge in [-0.15, -0.1) is 11.3 Å². The molecule has 0 bridgehead atoms. The molecule has 0 radical (unpaired) electrons. The van der Waals surface area contributed by atoms with E-state index in [2.05, 4.69) is 10.3 Å². The molecule has 1 saturated heterocycles. The Bertz CT molecular complexity index is 645. The molecule has 0 spiro atoms. The summed E-state index contributed by atoms with van der Waals surface area (Å²) < 4.78 is 52.2. The first-order chi connectivity index (χ1) is 9.95. The first kappa shape index (κ1) is 14.5. The molecule has 0 saturated carbocycles. The van der Waals surface area contributed by atoms with Crippen molar-refractivity contribution in [3.05, 3.63) is 40.7 Å². The van der Waals surface area contributed by atoms with Crippen LogP contribution in [0.1, 0.15) is 30.1 Å². The summed E-state index contributed by atoms with van der Waals surface area (Å²) in [6.45, 7) is 0.891. The van der Waals surface area contributed by atoms with Gasteiger partial charge in [-0.1, -0.05) is 0 Å². The summed E-state index contributed by atoms with van der Waals surface area (Å²) in [7, 11) is 0. The lowest BCUT2D eigenvalue weighted by Crippen LogP contribution is -2.13. The van der Waals surface area contributed by atoms with Gasteiger partial charge in [-0.25, -0.2) is 9.37 Å². The third-order valence-corrected chi connectivity index (χ3v) is 4.35. The molecule has 1 aromatic heterocycles. The SMILES string of the molecule is Fc1ccc(-c2nc(C3CCCN3)cs2)c(C(F)(F)F)c1. The maximum Gasteiger partial charge on any atom is 0.417 e. The number of thiazole rings is 1. The second kappa shape index (κ2) is 5.38. The topological polar surface area (TPSA) is 24.9 Å². The van der Waals surface area contributed by atoms with Gasteiger partial charge in [0.15, 0.2) is 0 Å². The van der Waals surface area contributed by atoms with E-state index in [9.17, 15) is 17.6 Å². The van der Waals surface area contributed by atoms with Gasteiger partial charge in [0.1, 0.15) is 10.8 Å². The number of hydrogen-bond donors (Lipinski definition) is 1. The highest BCUT2D eigenvalue weighted by atomic mass is 32.1. The van der Waals surface area contributed by atoms with Crippen LogP contribution in [0.2, 0.25) is 0 Å². The summed E-state index contributed by atoms with van der Waals surface area (Å²) in [5, 5.41) is 5.29. The Kier molecular flexibility index (Phi) is 3.71. The lowest BCUT2D eigenvalue weighted by atomic mass is 10.1. The number of rotatable bonds is 2. The smallest absolute Gasteiger partial charge is 0.309 e. The molecule has 1 N–H and O–H groups in total. The molecule has 1 atom stereocenters. The van der Waals surface area contributed by atoms with Crippen molar-refractivity contribution in [2.24, 2.45) is 0 Å². The predicted molar refractivity (Wildman–Crippen MR) is 72.5 cm³/mol. The van der Waals surface area contributed by atoms with Gasteiger partial charge in [-0.3, -0.25) is 0 Å². The molecule has 1 unspecified atom stereocenters. The normalized spacial score (nSPS) is 19.1. The number of alkyl halides is 3. The molecule has 2 heterocycles. The van der Waals surface area contributed by atoms with Crippen molar-refractivity contribution >= 4 is 11.3 Å². The van der Waals surface area contributed by atoms with Gasteiger partial charge in [0.25, 0.3) is 0 Å². The highest BCUT2D eigenvalue weighted by Gasteiger charge is 2.35. The number of halogens is 4. The van der Waals surface area contributed by atoms with Crippen LogP contribution in [-0.4, -0.2) is 11.5 Å². The van der Waals surface area contributed by atoms with Gasteiger partial charge >= 0.3 is 6.18 Å². The summed E-state index contributed by atoms with van der Waals surface area (Å²) in [6.07, 6.45) is -2.64. The van der Waals surface area contributed by atoms with Gasteiger partial charge < -0.3 is 5.32 Å². The number of hydrogen-bond acceptors (Lipinski definition) is 3. The molecule has 1 fully saturated rings. The van der Waals surface area contributed by atoms with E-state index in [0.29, 0.717) is 6.07 Å². The van der Waals surface area contributed by atoms with Crippen LogP contribution in [-0.2, 0) is 6.18 Å². The summed E-state index contributed by atoms with van der Waals surface area (Å²) in [5.41, 5.74) is -0.300. The highest BCUT2D eigenvalue weighted by Crippen LogP contribution is 2.39. The summed E-state index contributed by atoms with van der Waals surface area (Å²) >= 11 is 1.15. The molecule has 112 valence electrons. The Balaban J connectivity index is 2.00. The molecule has 21 heavy (non-hydrogen) atoms. The summed E-state index contributed by atoms with van der Waals surface area (Å²) in [6, 6.07) is 2.79. The number of nitrogens with one attached hydrogen (secondary N) is 1. The van der Waals surface area contributed by atoms with Gasteiger partial charge in [0, 0.05) is 10.9 Å². The Morgan fingerprint density at radius 2 is 2.10 bits per heavy atom. The van der Waals surface area contributed by atoms with E-state index in [-0.39, 0.29) is 16.6 Å². The third-order valence-electron chi connectivity index (χ3n) is 3.46. The van der Waals surface area contributed by atoms with E-state index in [1.807, 2.05) is 0 Å². The Morgan fingerprint density at radius 1 is 1.29 bits per heavy atom. The molecule has 1 aromatic carbocycles. The van der Waals surface area contributed by atoms with Crippen LogP contribution >= 0.6 is 11.3 Å². The van der Waals surface area contributed by atoms with Crippen LogP contribution < -0.4 is 5.32 Å². The van der Waals surface area contributed by atoms with Crippen molar-refractivity contribution < 1.29 is 17.6 Å². The van der Waals surface area contributed by atoms with Crippen LogP contribution in [0.15, 0.2) is 23.6 Å². The Hall–Kier alpha value is -1.47. The summed E-state index contributed by atoms with van der Waals surface area (Å²) in [5.74, 6) is -0.902. The molecule has 0 aliphatic carbocycles. The molecule has 2 nitrogen and oxygen atoms in total. The maximum absolute atomic E-state index is 13.1.